The van der Waals surface area contributed by atoms with Crippen molar-refractivity contribution in [2.75, 3.05) is 41.8 Å². The zero-order valence-corrected chi connectivity index (χ0v) is 15.5. The number of nitrogens with zero attached hydrogens (tertiary/aromatic N) is 1. The van der Waals surface area contributed by atoms with Gasteiger partial charge >= 0.3 is 5.97 Å². The number of nitrogens with one attached hydrogen (secondary N) is 2. The molecule has 0 aromatic heterocycles. The molecular formula is C21H25N3O3. The van der Waals surface area contributed by atoms with Crippen LogP contribution in [-0.2, 0) is 9.53 Å². The van der Waals surface area contributed by atoms with Crippen LogP contribution in [0.3, 0.4) is 0 Å². The van der Waals surface area contributed by atoms with Crippen LogP contribution in [0.5, 0.6) is 0 Å². The number of ether oxygens (including phenoxy) is 1. The molecule has 6 heteroatoms. The smallest absolute Gasteiger partial charge is 0.338 e. The monoisotopic (exact) mass is 367 g/mol. The van der Waals surface area contributed by atoms with Gasteiger partial charge in [0, 0.05) is 30.2 Å². The molecule has 0 unspecified atom stereocenters. The van der Waals surface area contributed by atoms with E-state index in [-0.39, 0.29) is 18.4 Å². The molecule has 2 aromatic carbocycles. The summed E-state index contributed by atoms with van der Waals surface area (Å²) in [6.45, 7) is 4.46. The number of rotatable bonds is 7. The van der Waals surface area contributed by atoms with Crippen molar-refractivity contribution in [3.05, 3.63) is 54.1 Å². The Bertz CT molecular complexity index is 766. The maximum Gasteiger partial charge on any atom is 0.338 e. The summed E-state index contributed by atoms with van der Waals surface area (Å²) in [7, 11) is 0. The second kappa shape index (κ2) is 9.07. The van der Waals surface area contributed by atoms with Crippen molar-refractivity contribution in [1.29, 1.82) is 0 Å². The highest BCUT2D eigenvalue weighted by Gasteiger charge is 2.12. The molecule has 1 heterocycles. The van der Waals surface area contributed by atoms with E-state index in [1.54, 1.807) is 31.2 Å². The standard InChI is InChI=1S/C21H25N3O3/c1-2-27-21(26)16-5-7-17(8-6-16)22-15-20(25)23-18-9-11-19(12-10-18)24-13-3-4-14-24/h5-12,22H,2-4,13-15H2,1H3,(H,23,25). The summed E-state index contributed by atoms with van der Waals surface area (Å²) in [5.74, 6) is -0.474. The maximum absolute atomic E-state index is 12.1. The Labute approximate surface area is 159 Å². The van der Waals surface area contributed by atoms with E-state index in [1.807, 2.05) is 24.3 Å². The van der Waals surface area contributed by atoms with Gasteiger partial charge in [-0.3, -0.25) is 4.79 Å². The van der Waals surface area contributed by atoms with E-state index in [1.165, 1.54) is 18.5 Å². The third-order valence-electron chi connectivity index (χ3n) is 4.47. The van der Waals surface area contributed by atoms with Gasteiger partial charge in [0.15, 0.2) is 0 Å². The first-order valence-electron chi connectivity index (χ1n) is 9.31. The minimum atomic E-state index is -0.348. The van der Waals surface area contributed by atoms with E-state index >= 15 is 0 Å². The van der Waals surface area contributed by atoms with Gasteiger partial charge in [0.1, 0.15) is 0 Å². The Morgan fingerprint density at radius 3 is 2.22 bits per heavy atom. The summed E-state index contributed by atoms with van der Waals surface area (Å²) in [4.78, 5) is 26.1. The Kier molecular flexibility index (Phi) is 6.30. The van der Waals surface area contributed by atoms with Gasteiger partial charge < -0.3 is 20.3 Å². The highest BCUT2D eigenvalue weighted by atomic mass is 16.5. The van der Waals surface area contributed by atoms with Crippen molar-refractivity contribution >= 4 is 28.9 Å². The van der Waals surface area contributed by atoms with Gasteiger partial charge in [0.05, 0.1) is 18.7 Å². The zero-order chi connectivity index (χ0) is 19.1. The fourth-order valence-corrected chi connectivity index (χ4v) is 3.06. The number of hydrogen-bond donors (Lipinski definition) is 2. The third-order valence-corrected chi connectivity index (χ3v) is 4.47. The van der Waals surface area contributed by atoms with Crippen LogP contribution in [0.1, 0.15) is 30.1 Å². The lowest BCUT2D eigenvalue weighted by Crippen LogP contribution is -2.22. The molecule has 0 aliphatic carbocycles. The first-order chi connectivity index (χ1) is 13.2. The van der Waals surface area contributed by atoms with E-state index < -0.39 is 0 Å². The molecule has 27 heavy (non-hydrogen) atoms. The lowest BCUT2D eigenvalue weighted by molar-refractivity contribution is -0.114. The largest absolute Gasteiger partial charge is 0.462 e. The lowest BCUT2D eigenvalue weighted by atomic mass is 10.2. The summed E-state index contributed by atoms with van der Waals surface area (Å²) in [5, 5.41) is 5.93. The molecule has 1 aliphatic rings. The number of amides is 1. The number of carbonyl (C=O) groups is 2. The van der Waals surface area contributed by atoms with Gasteiger partial charge in [-0.15, -0.1) is 0 Å². The molecule has 1 amide bonds. The Balaban J connectivity index is 1.47. The number of anilines is 3. The minimum Gasteiger partial charge on any atom is -0.462 e. The summed E-state index contributed by atoms with van der Waals surface area (Å²) >= 11 is 0. The SMILES string of the molecule is CCOC(=O)c1ccc(NCC(=O)Nc2ccc(N3CCCC3)cc2)cc1. The van der Waals surface area contributed by atoms with Crippen LogP contribution in [0.15, 0.2) is 48.5 Å². The van der Waals surface area contributed by atoms with Crippen LogP contribution in [-0.4, -0.2) is 38.1 Å². The molecule has 0 atom stereocenters. The normalized spacial score (nSPS) is 13.3. The average Bonchev–Trinajstić information content (AvgIpc) is 3.22. The molecule has 3 rings (SSSR count). The summed E-state index contributed by atoms with van der Waals surface area (Å²) in [6, 6.07) is 14.8. The molecule has 142 valence electrons. The molecule has 0 spiro atoms. The van der Waals surface area contributed by atoms with Crippen LogP contribution in [0.4, 0.5) is 17.1 Å². The Hall–Kier alpha value is -3.02. The predicted octanol–water partition coefficient (Wildman–Crippen LogP) is 3.51. The molecule has 2 N–H and O–H groups in total. The van der Waals surface area contributed by atoms with Gasteiger partial charge in [0.2, 0.25) is 5.91 Å². The Morgan fingerprint density at radius 2 is 1.59 bits per heavy atom. The zero-order valence-electron chi connectivity index (χ0n) is 15.5. The van der Waals surface area contributed by atoms with E-state index in [0.717, 1.165) is 24.5 Å². The van der Waals surface area contributed by atoms with Crippen LogP contribution in [0, 0.1) is 0 Å². The van der Waals surface area contributed by atoms with Gasteiger partial charge in [-0.1, -0.05) is 0 Å². The highest BCUT2D eigenvalue weighted by molar-refractivity contribution is 5.94. The van der Waals surface area contributed by atoms with Gasteiger partial charge in [0.25, 0.3) is 0 Å². The molecule has 1 fully saturated rings. The lowest BCUT2D eigenvalue weighted by Gasteiger charge is -2.17. The number of benzene rings is 2. The van der Waals surface area contributed by atoms with Crippen molar-refractivity contribution in [3.8, 4) is 0 Å². The van der Waals surface area contributed by atoms with Crippen LogP contribution in [0.25, 0.3) is 0 Å². The van der Waals surface area contributed by atoms with E-state index in [9.17, 15) is 9.59 Å². The van der Waals surface area contributed by atoms with Gasteiger partial charge in [-0.25, -0.2) is 4.79 Å². The van der Waals surface area contributed by atoms with Crippen LogP contribution in [0.2, 0.25) is 0 Å². The second-order valence-corrected chi connectivity index (χ2v) is 6.44. The molecule has 6 nitrogen and oxygen atoms in total. The molecule has 1 saturated heterocycles. The second-order valence-electron chi connectivity index (χ2n) is 6.44. The highest BCUT2D eigenvalue weighted by Crippen LogP contribution is 2.22. The average molecular weight is 367 g/mol. The third kappa shape index (κ3) is 5.23. The summed E-state index contributed by atoms with van der Waals surface area (Å²) < 4.78 is 4.95. The van der Waals surface area contributed by atoms with Crippen molar-refractivity contribution in [2.45, 2.75) is 19.8 Å². The fraction of sp³-hybridized carbons (Fsp3) is 0.333. The van der Waals surface area contributed by atoms with Gasteiger partial charge in [-0.2, -0.15) is 0 Å². The maximum atomic E-state index is 12.1. The number of carbonyl (C=O) groups excluding carboxylic acids is 2. The van der Waals surface area contributed by atoms with Gasteiger partial charge in [-0.05, 0) is 68.3 Å². The van der Waals surface area contributed by atoms with Crippen LogP contribution < -0.4 is 15.5 Å². The molecule has 1 aliphatic heterocycles. The number of esters is 1. The summed E-state index contributed by atoms with van der Waals surface area (Å²) in [5.41, 5.74) is 3.24. The summed E-state index contributed by atoms with van der Waals surface area (Å²) in [6.07, 6.45) is 2.48. The molecule has 0 saturated carbocycles. The molecule has 0 radical (unpaired) electrons. The van der Waals surface area contributed by atoms with Crippen molar-refractivity contribution in [3.63, 3.8) is 0 Å². The molecule has 0 bridgehead atoms. The Morgan fingerprint density at radius 1 is 0.963 bits per heavy atom. The van der Waals surface area contributed by atoms with Crippen molar-refractivity contribution in [2.24, 2.45) is 0 Å². The minimum absolute atomic E-state index is 0.126. The number of hydrogen-bond acceptors (Lipinski definition) is 5. The van der Waals surface area contributed by atoms with Crippen molar-refractivity contribution in [1.82, 2.24) is 0 Å². The predicted molar refractivity (Wildman–Crippen MR) is 107 cm³/mol. The van der Waals surface area contributed by atoms with E-state index in [2.05, 4.69) is 15.5 Å². The fourth-order valence-electron chi connectivity index (χ4n) is 3.06. The first-order valence-corrected chi connectivity index (χ1v) is 9.31. The first kappa shape index (κ1) is 18.8. The van der Waals surface area contributed by atoms with Crippen LogP contribution >= 0.6 is 0 Å². The van der Waals surface area contributed by atoms with E-state index in [0.29, 0.717) is 12.2 Å². The quantitative estimate of drug-likeness (QED) is 0.733. The van der Waals surface area contributed by atoms with Crippen molar-refractivity contribution < 1.29 is 14.3 Å². The topological polar surface area (TPSA) is 70.7 Å². The molecule has 2 aromatic rings. The molecular weight excluding hydrogens is 342 g/mol. The van der Waals surface area contributed by atoms with E-state index in [4.69, 9.17) is 4.74 Å².